The Balaban J connectivity index is 1.70. The Labute approximate surface area is 95.7 Å². The van der Waals surface area contributed by atoms with Gasteiger partial charge in [-0.2, -0.15) is 0 Å². The van der Waals surface area contributed by atoms with E-state index in [1.807, 2.05) is 0 Å². The topological polar surface area (TPSA) is 26.3 Å². The van der Waals surface area contributed by atoms with Crippen molar-refractivity contribution >= 4 is 5.78 Å². The van der Waals surface area contributed by atoms with E-state index >= 15 is 0 Å². The SMILES string of the molecule is C[C@@]12O[C@@H](C(=O)C13CC3)[C@@H]1[C@H]3CC[C@H](C3)[C@@H]12. The van der Waals surface area contributed by atoms with Gasteiger partial charge in [-0.05, 0) is 56.8 Å². The average molecular weight is 218 g/mol. The van der Waals surface area contributed by atoms with Gasteiger partial charge in [0.2, 0.25) is 0 Å². The van der Waals surface area contributed by atoms with Gasteiger partial charge in [0, 0.05) is 5.92 Å². The predicted octanol–water partition coefficient (Wildman–Crippen LogP) is 2.17. The fourth-order valence-corrected chi connectivity index (χ4v) is 6.05. The standard InChI is InChI=1S/C14H18O2/c1-13-10-8-3-2-7(6-8)9(10)11(16-13)12(15)14(13)4-5-14/h7-11H,2-6H2,1H3/t7-,8+,9+,10-,11+,13-/m0/s1. The van der Waals surface area contributed by atoms with E-state index in [4.69, 9.17) is 4.74 Å². The van der Waals surface area contributed by atoms with Crippen LogP contribution >= 0.6 is 0 Å². The van der Waals surface area contributed by atoms with Crippen molar-refractivity contribution in [3.8, 4) is 0 Å². The van der Waals surface area contributed by atoms with E-state index in [0.717, 1.165) is 30.6 Å². The van der Waals surface area contributed by atoms with E-state index in [2.05, 4.69) is 6.92 Å². The van der Waals surface area contributed by atoms with Gasteiger partial charge in [0.05, 0.1) is 11.0 Å². The minimum Gasteiger partial charge on any atom is -0.363 e. The molecule has 3 aliphatic carbocycles. The summed E-state index contributed by atoms with van der Waals surface area (Å²) in [5.74, 6) is 3.54. The van der Waals surface area contributed by atoms with Gasteiger partial charge in [0.15, 0.2) is 5.78 Å². The summed E-state index contributed by atoms with van der Waals surface area (Å²) in [6.45, 7) is 2.27. The second kappa shape index (κ2) is 2.14. The maximum Gasteiger partial charge on any atom is 0.170 e. The number of carbonyl (C=O) groups is 1. The highest BCUT2D eigenvalue weighted by atomic mass is 16.5. The second-order valence-corrected chi connectivity index (χ2v) is 7.03. The lowest BCUT2D eigenvalue weighted by molar-refractivity contribution is -0.129. The summed E-state index contributed by atoms with van der Waals surface area (Å²) in [6.07, 6.45) is 6.39. The molecule has 2 aliphatic heterocycles. The molecule has 2 saturated heterocycles. The molecular formula is C14H18O2. The number of fused-ring (bicyclic) bond motifs is 10. The van der Waals surface area contributed by atoms with E-state index < -0.39 is 0 Å². The molecular weight excluding hydrogens is 200 g/mol. The van der Waals surface area contributed by atoms with Crippen molar-refractivity contribution in [2.75, 3.05) is 0 Å². The van der Waals surface area contributed by atoms with Crippen molar-refractivity contribution in [3.63, 3.8) is 0 Å². The fraction of sp³-hybridized carbons (Fsp3) is 0.929. The molecule has 0 radical (unpaired) electrons. The summed E-state index contributed by atoms with van der Waals surface area (Å²) in [4.78, 5) is 12.5. The predicted molar refractivity (Wildman–Crippen MR) is 57.8 cm³/mol. The van der Waals surface area contributed by atoms with Gasteiger partial charge >= 0.3 is 0 Å². The van der Waals surface area contributed by atoms with Gasteiger partial charge in [0.1, 0.15) is 6.10 Å². The van der Waals surface area contributed by atoms with Crippen molar-refractivity contribution in [3.05, 3.63) is 0 Å². The number of rotatable bonds is 0. The van der Waals surface area contributed by atoms with Crippen molar-refractivity contribution in [2.45, 2.75) is 50.7 Å². The Morgan fingerprint density at radius 1 is 1.25 bits per heavy atom. The van der Waals surface area contributed by atoms with E-state index in [1.54, 1.807) is 0 Å². The van der Waals surface area contributed by atoms with Gasteiger partial charge in [0.25, 0.3) is 0 Å². The Hall–Kier alpha value is -0.370. The van der Waals surface area contributed by atoms with Crippen LogP contribution in [0.5, 0.6) is 0 Å². The molecule has 5 rings (SSSR count). The minimum absolute atomic E-state index is 0.00722. The Bertz CT molecular complexity index is 411. The molecule has 4 bridgehead atoms. The smallest absolute Gasteiger partial charge is 0.170 e. The van der Waals surface area contributed by atoms with Crippen molar-refractivity contribution in [2.24, 2.45) is 29.1 Å². The molecule has 0 aromatic heterocycles. The summed E-state index contributed by atoms with van der Waals surface area (Å²) >= 11 is 0. The van der Waals surface area contributed by atoms with Gasteiger partial charge < -0.3 is 4.74 Å². The largest absolute Gasteiger partial charge is 0.363 e. The maximum absolute atomic E-state index is 12.5. The third kappa shape index (κ3) is 0.611. The zero-order valence-corrected chi connectivity index (χ0v) is 9.74. The molecule has 0 aromatic carbocycles. The minimum atomic E-state index is -0.0563. The summed E-state index contributed by atoms with van der Waals surface area (Å²) < 4.78 is 6.25. The number of hydrogen-bond donors (Lipinski definition) is 0. The summed E-state index contributed by atoms with van der Waals surface area (Å²) in [5, 5.41) is 0. The van der Waals surface area contributed by atoms with Gasteiger partial charge in [-0.1, -0.05) is 0 Å². The van der Waals surface area contributed by atoms with E-state index in [9.17, 15) is 4.79 Å². The highest BCUT2D eigenvalue weighted by Gasteiger charge is 2.81. The van der Waals surface area contributed by atoms with Gasteiger partial charge in [-0.15, -0.1) is 0 Å². The zero-order chi connectivity index (χ0) is 10.7. The maximum atomic E-state index is 12.5. The molecule has 3 saturated carbocycles. The van der Waals surface area contributed by atoms with Crippen LogP contribution in [-0.4, -0.2) is 17.5 Å². The summed E-state index contributed by atoms with van der Waals surface area (Å²) in [7, 11) is 0. The first-order valence-corrected chi connectivity index (χ1v) is 6.89. The molecule has 1 spiro atoms. The number of Topliss-reactive ketones (excluding diaryl/α,β-unsaturated/α-hetero) is 1. The molecule has 2 heteroatoms. The lowest BCUT2D eigenvalue weighted by Gasteiger charge is -2.41. The Kier molecular flexibility index (Phi) is 1.16. The summed E-state index contributed by atoms with van der Waals surface area (Å²) in [5.41, 5.74) is -0.0669. The first kappa shape index (κ1) is 8.68. The third-order valence-corrected chi connectivity index (χ3v) is 6.77. The van der Waals surface area contributed by atoms with E-state index in [1.165, 1.54) is 19.3 Å². The monoisotopic (exact) mass is 218 g/mol. The van der Waals surface area contributed by atoms with Gasteiger partial charge in [-0.3, -0.25) is 4.79 Å². The molecule has 2 nitrogen and oxygen atoms in total. The van der Waals surface area contributed by atoms with Crippen LogP contribution in [0.25, 0.3) is 0 Å². The number of ketones is 1. The van der Waals surface area contributed by atoms with Crippen LogP contribution in [0.15, 0.2) is 0 Å². The molecule has 86 valence electrons. The molecule has 6 atom stereocenters. The van der Waals surface area contributed by atoms with Crippen molar-refractivity contribution in [1.82, 2.24) is 0 Å². The first-order chi connectivity index (χ1) is 7.67. The molecule has 2 heterocycles. The molecule has 16 heavy (non-hydrogen) atoms. The first-order valence-electron chi connectivity index (χ1n) is 6.89. The number of carbonyl (C=O) groups excluding carboxylic acids is 1. The van der Waals surface area contributed by atoms with Crippen molar-refractivity contribution in [1.29, 1.82) is 0 Å². The van der Waals surface area contributed by atoms with Crippen LogP contribution in [0.3, 0.4) is 0 Å². The van der Waals surface area contributed by atoms with Crippen LogP contribution < -0.4 is 0 Å². The third-order valence-electron chi connectivity index (χ3n) is 6.77. The molecule has 0 unspecified atom stereocenters. The average Bonchev–Trinajstić information content (AvgIpc) is 2.61. The summed E-state index contributed by atoms with van der Waals surface area (Å²) in [6, 6.07) is 0. The lowest BCUT2D eigenvalue weighted by Crippen LogP contribution is -2.50. The molecule has 0 amide bonds. The Morgan fingerprint density at radius 2 is 2.00 bits per heavy atom. The van der Waals surface area contributed by atoms with E-state index in [0.29, 0.717) is 11.7 Å². The van der Waals surface area contributed by atoms with Crippen LogP contribution in [0.4, 0.5) is 0 Å². The normalized spacial score (nSPS) is 63.3. The van der Waals surface area contributed by atoms with Crippen LogP contribution in [0.2, 0.25) is 0 Å². The van der Waals surface area contributed by atoms with Gasteiger partial charge in [-0.25, -0.2) is 0 Å². The zero-order valence-electron chi connectivity index (χ0n) is 9.74. The molecule has 5 fully saturated rings. The highest BCUT2D eigenvalue weighted by molar-refractivity contribution is 5.96. The number of hydrogen-bond acceptors (Lipinski definition) is 2. The highest BCUT2D eigenvalue weighted by Crippen LogP contribution is 2.75. The van der Waals surface area contributed by atoms with Crippen molar-refractivity contribution < 1.29 is 9.53 Å². The van der Waals surface area contributed by atoms with Crippen LogP contribution in [-0.2, 0) is 9.53 Å². The number of ether oxygens (including phenoxy) is 1. The quantitative estimate of drug-likeness (QED) is 0.623. The fourth-order valence-electron chi connectivity index (χ4n) is 6.05. The Morgan fingerprint density at radius 3 is 2.75 bits per heavy atom. The van der Waals surface area contributed by atoms with Crippen LogP contribution in [0, 0.1) is 29.1 Å². The second-order valence-electron chi connectivity index (χ2n) is 7.03. The molecule has 5 aliphatic rings. The van der Waals surface area contributed by atoms with E-state index in [-0.39, 0.29) is 17.1 Å². The van der Waals surface area contributed by atoms with Crippen LogP contribution in [0.1, 0.15) is 39.0 Å². The molecule has 0 N–H and O–H groups in total. The molecule has 0 aromatic rings. The lowest BCUT2D eigenvalue weighted by atomic mass is 9.60.